The van der Waals surface area contributed by atoms with Crippen molar-refractivity contribution < 1.29 is 0 Å². The van der Waals surface area contributed by atoms with Gasteiger partial charge in [0.15, 0.2) is 0 Å². The molecule has 1 aliphatic rings. The minimum atomic E-state index is 0.268. The molecule has 1 nitrogen and oxygen atoms in total. The molecule has 16 heavy (non-hydrogen) atoms. The van der Waals surface area contributed by atoms with Crippen molar-refractivity contribution >= 4 is 23.4 Å². The summed E-state index contributed by atoms with van der Waals surface area (Å²) in [5, 5.41) is 3.74. The molecule has 0 aliphatic carbocycles. The highest BCUT2D eigenvalue weighted by Crippen LogP contribution is 2.38. The molecule has 1 aliphatic heterocycles. The smallest absolute Gasteiger partial charge is 0.0458 e. The summed E-state index contributed by atoms with van der Waals surface area (Å²) in [6.07, 6.45) is 1.03. The highest BCUT2D eigenvalue weighted by molar-refractivity contribution is 7.99. The summed E-state index contributed by atoms with van der Waals surface area (Å²) < 4.78 is 0. The van der Waals surface area contributed by atoms with E-state index >= 15 is 0 Å². The fraction of sp³-hybridized carbons (Fsp3) is 0.538. The van der Waals surface area contributed by atoms with Crippen LogP contribution in [0.15, 0.2) is 29.2 Å². The standard InChI is InChI=1S/C13H18ClNS/c1-2-11(14)8-15-7-10-9-16-13-6-4-3-5-12(10)13/h3-6,10-11,15H,2,7-9H2,1H3. The second kappa shape index (κ2) is 5.95. The molecule has 2 rings (SSSR count). The zero-order valence-corrected chi connectivity index (χ0v) is 11.2. The van der Waals surface area contributed by atoms with Crippen molar-refractivity contribution in [2.75, 3.05) is 18.8 Å². The van der Waals surface area contributed by atoms with Crippen LogP contribution in [0.4, 0.5) is 0 Å². The van der Waals surface area contributed by atoms with Crippen molar-refractivity contribution in [3.63, 3.8) is 0 Å². The Morgan fingerprint density at radius 2 is 2.31 bits per heavy atom. The van der Waals surface area contributed by atoms with E-state index in [0.717, 1.165) is 19.5 Å². The fourth-order valence-electron chi connectivity index (χ4n) is 1.96. The third kappa shape index (κ3) is 2.93. The Labute approximate surface area is 107 Å². The molecule has 0 aromatic heterocycles. The van der Waals surface area contributed by atoms with E-state index in [1.807, 2.05) is 11.8 Å². The van der Waals surface area contributed by atoms with E-state index in [-0.39, 0.29) is 5.38 Å². The zero-order chi connectivity index (χ0) is 11.4. The van der Waals surface area contributed by atoms with Crippen LogP contribution in [0.25, 0.3) is 0 Å². The van der Waals surface area contributed by atoms with E-state index in [4.69, 9.17) is 11.6 Å². The first kappa shape index (κ1) is 12.3. The van der Waals surface area contributed by atoms with Gasteiger partial charge in [-0.2, -0.15) is 0 Å². The molecule has 88 valence electrons. The first-order chi connectivity index (χ1) is 7.81. The molecular weight excluding hydrogens is 238 g/mol. The lowest BCUT2D eigenvalue weighted by molar-refractivity contribution is 0.600. The lowest BCUT2D eigenvalue weighted by atomic mass is 10.0. The maximum Gasteiger partial charge on any atom is 0.0458 e. The van der Waals surface area contributed by atoms with Crippen molar-refractivity contribution in [2.24, 2.45) is 0 Å². The van der Waals surface area contributed by atoms with E-state index in [1.165, 1.54) is 16.2 Å². The second-order valence-corrected chi connectivity index (χ2v) is 5.89. The molecule has 0 saturated heterocycles. The van der Waals surface area contributed by atoms with Crippen molar-refractivity contribution in [2.45, 2.75) is 29.5 Å². The van der Waals surface area contributed by atoms with Gasteiger partial charge in [-0.15, -0.1) is 23.4 Å². The van der Waals surface area contributed by atoms with Gasteiger partial charge in [0.2, 0.25) is 0 Å². The quantitative estimate of drug-likeness (QED) is 0.809. The number of nitrogens with one attached hydrogen (secondary N) is 1. The SMILES string of the molecule is CCC(Cl)CNCC1CSc2ccccc21. The summed E-state index contributed by atoms with van der Waals surface area (Å²) in [5.41, 5.74) is 1.50. The molecule has 3 heteroatoms. The molecule has 1 aromatic carbocycles. The third-order valence-electron chi connectivity index (χ3n) is 3.00. The summed E-state index contributed by atoms with van der Waals surface area (Å²) in [7, 11) is 0. The maximum atomic E-state index is 6.08. The molecule has 0 saturated carbocycles. The molecule has 0 amide bonds. The topological polar surface area (TPSA) is 12.0 Å². The normalized spacial score (nSPS) is 20.8. The number of rotatable bonds is 5. The van der Waals surface area contributed by atoms with Crippen LogP contribution >= 0.6 is 23.4 Å². The van der Waals surface area contributed by atoms with Crippen molar-refractivity contribution in [1.82, 2.24) is 5.32 Å². The Morgan fingerprint density at radius 1 is 1.50 bits per heavy atom. The monoisotopic (exact) mass is 255 g/mol. The predicted molar refractivity (Wildman–Crippen MR) is 72.7 cm³/mol. The molecular formula is C13H18ClNS. The van der Waals surface area contributed by atoms with Gasteiger partial charge in [-0.1, -0.05) is 25.1 Å². The van der Waals surface area contributed by atoms with Gasteiger partial charge >= 0.3 is 0 Å². The van der Waals surface area contributed by atoms with Gasteiger partial charge in [-0.25, -0.2) is 0 Å². The van der Waals surface area contributed by atoms with Crippen molar-refractivity contribution in [3.8, 4) is 0 Å². The second-order valence-electron chi connectivity index (χ2n) is 4.21. The molecule has 1 N–H and O–H groups in total. The van der Waals surface area contributed by atoms with Gasteiger partial charge in [0, 0.05) is 35.0 Å². The lowest BCUT2D eigenvalue weighted by Crippen LogP contribution is -2.27. The average molecular weight is 256 g/mol. The first-order valence-electron chi connectivity index (χ1n) is 5.87. The van der Waals surface area contributed by atoms with E-state index in [9.17, 15) is 0 Å². The Balaban J connectivity index is 1.84. The van der Waals surface area contributed by atoms with Crippen LogP contribution in [0.1, 0.15) is 24.8 Å². The van der Waals surface area contributed by atoms with Gasteiger partial charge in [-0.3, -0.25) is 0 Å². The Kier molecular flexibility index (Phi) is 4.56. The lowest BCUT2D eigenvalue weighted by Gasteiger charge is -2.13. The maximum absolute atomic E-state index is 6.08. The van der Waals surface area contributed by atoms with E-state index in [2.05, 4.69) is 36.5 Å². The minimum Gasteiger partial charge on any atom is -0.315 e. The van der Waals surface area contributed by atoms with Crippen LogP contribution in [-0.2, 0) is 0 Å². The Bertz CT molecular complexity index is 342. The molecule has 1 aromatic rings. The summed E-state index contributed by atoms with van der Waals surface area (Å²) in [5.74, 6) is 1.85. The number of fused-ring (bicyclic) bond motifs is 1. The number of hydrogen-bond donors (Lipinski definition) is 1. The molecule has 0 radical (unpaired) electrons. The number of benzene rings is 1. The largest absolute Gasteiger partial charge is 0.315 e. The first-order valence-corrected chi connectivity index (χ1v) is 7.30. The van der Waals surface area contributed by atoms with Crippen LogP contribution in [0, 0.1) is 0 Å². The summed E-state index contributed by atoms with van der Waals surface area (Å²) in [4.78, 5) is 1.45. The number of halogens is 1. The van der Waals surface area contributed by atoms with Crippen molar-refractivity contribution in [3.05, 3.63) is 29.8 Å². The van der Waals surface area contributed by atoms with E-state index in [0.29, 0.717) is 5.92 Å². The van der Waals surface area contributed by atoms with Crippen LogP contribution < -0.4 is 5.32 Å². The molecule has 0 spiro atoms. The van der Waals surface area contributed by atoms with Gasteiger partial charge < -0.3 is 5.32 Å². The fourth-order valence-corrected chi connectivity index (χ4v) is 3.32. The highest BCUT2D eigenvalue weighted by atomic mass is 35.5. The van der Waals surface area contributed by atoms with Gasteiger partial charge in [0.25, 0.3) is 0 Å². The van der Waals surface area contributed by atoms with Crippen molar-refractivity contribution in [1.29, 1.82) is 0 Å². The molecule has 1 heterocycles. The van der Waals surface area contributed by atoms with Crippen LogP contribution in [0.3, 0.4) is 0 Å². The number of alkyl halides is 1. The highest BCUT2D eigenvalue weighted by Gasteiger charge is 2.22. The summed E-state index contributed by atoms with van der Waals surface area (Å²) in [6.45, 7) is 4.09. The third-order valence-corrected chi connectivity index (χ3v) is 4.71. The minimum absolute atomic E-state index is 0.268. The molecule has 2 atom stereocenters. The molecule has 0 fully saturated rings. The van der Waals surface area contributed by atoms with Gasteiger partial charge in [0.05, 0.1) is 0 Å². The average Bonchev–Trinajstić information content (AvgIpc) is 2.73. The number of hydrogen-bond acceptors (Lipinski definition) is 2. The summed E-state index contributed by atoms with van der Waals surface area (Å²) >= 11 is 8.05. The predicted octanol–water partition coefficient (Wildman–Crippen LogP) is 3.48. The molecule has 0 bridgehead atoms. The van der Waals surface area contributed by atoms with Gasteiger partial charge in [0.1, 0.15) is 0 Å². The van der Waals surface area contributed by atoms with Crippen LogP contribution in [0.5, 0.6) is 0 Å². The Morgan fingerprint density at radius 3 is 3.12 bits per heavy atom. The zero-order valence-electron chi connectivity index (χ0n) is 9.58. The molecule has 2 unspecified atom stereocenters. The van der Waals surface area contributed by atoms with Crippen LogP contribution in [-0.4, -0.2) is 24.2 Å². The van der Waals surface area contributed by atoms with Crippen LogP contribution in [0.2, 0.25) is 0 Å². The number of thioether (sulfide) groups is 1. The van der Waals surface area contributed by atoms with Gasteiger partial charge in [-0.05, 0) is 18.1 Å². The van der Waals surface area contributed by atoms with E-state index < -0.39 is 0 Å². The summed E-state index contributed by atoms with van der Waals surface area (Å²) in [6, 6.07) is 8.72. The Hall–Kier alpha value is -0.180. The van der Waals surface area contributed by atoms with E-state index in [1.54, 1.807) is 0 Å².